The highest BCUT2D eigenvalue weighted by Crippen LogP contribution is 2.20. The van der Waals surface area contributed by atoms with Crippen LogP contribution in [0.1, 0.15) is 10.4 Å². The van der Waals surface area contributed by atoms with Crippen molar-refractivity contribution in [3.63, 3.8) is 0 Å². The van der Waals surface area contributed by atoms with E-state index in [-0.39, 0.29) is 12.4 Å². The van der Waals surface area contributed by atoms with Gasteiger partial charge in [-0.25, -0.2) is 0 Å². The number of nitrogens with zero attached hydrogens (tertiary/aromatic N) is 1. The van der Waals surface area contributed by atoms with E-state index in [1.165, 1.54) is 0 Å². The maximum absolute atomic E-state index is 12.0. The van der Waals surface area contributed by atoms with Crippen molar-refractivity contribution in [2.75, 3.05) is 19.1 Å². The molecule has 0 atom stereocenters. The fourth-order valence-corrected chi connectivity index (χ4v) is 1.97. The van der Waals surface area contributed by atoms with Gasteiger partial charge in [-0.1, -0.05) is 18.2 Å². The fourth-order valence-electron chi connectivity index (χ4n) is 1.86. The van der Waals surface area contributed by atoms with E-state index in [2.05, 4.69) is 0 Å². The third-order valence-electron chi connectivity index (χ3n) is 2.65. The predicted octanol–water partition coefficient (Wildman–Crippen LogP) is 2.62. The number of aryl methyl sites for hydroxylation is 1. The average molecular weight is 252 g/mol. The van der Waals surface area contributed by atoms with E-state index in [0.717, 1.165) is 10.9 Å². The van der Waals surface area contributed by atoms with Crippen LogP contribution in [0.5, 0.6) is 0 Å². The third-order valence-corrected chi connectivity index (χ3v) is 2.81. The molecule has 0 radical (unpaired) electrons. The highest BCUT2D eigenvalue weighted by Gasteiger charge is 2.13. The zero-order valence-corrected chi connectivity index (χ0v) is 10.4. The number of fused-ring (bicyclic) bond motifs is 1. The molecule has 0 bridgehead atoms. The molecule has 1 aromatic heterocycles. The van der Waals surface area contributed by atoms with Crippen LogP contribution in [0.15, 0.2) is 30.5 Å². The molecule has 3 nitrogen and oxygen atoms in total. The van der Waals surface area contributed by atoms with Crippen LogP contribution in [0.3, 0.4) is 0 Å². The highest BCUT2D eigenvalue weighted by molar-refractivity contribution is 6.18. The molecule has 0 N–H and O–H groups in total. The zero-order chi connectivity index (χ0) is 12.3. The number of aromatic nitrogens is 1. The second-order valence-corrected chi connectivity index (χ2v) is 4.21. The van der Waals surface area contributed by atoms with E-state index < -0.39 is 0 Å². The van der Waals surface area contributed by atoms with E-state index in [0.29, 0.717) is 18.1 Å². The molecule has 2 rings (SSSR count). The number of Topliss-reactive ketones (excluding diaryl/α,β-unsaturated/α-hetero) is 1. The normalized spacial score (nSPS) is 10.9. The molecule has 0 fully saturated rings. The largest absolute Gasteiger partial charge is 0.372 e. The first-order valence-electron chi connectivity index (χ1n) is 5.45. The molecule has 0 aliphatic rings. The zero-order valence-electron chi connectivity index (χ0n) is 9.65. The van der Waals surface area contributed by atoms with Crippen molar-refractivity contribution >= 4 is 28.3 Å². The van der Waals surface area contributed by atoms with Crippen LogP contribution in [-0.4, -0.2) is 29.4 Å². The van der Waals surface area contributed by atoms with Crippen molar-refractivity contribution < 1.29 is 9.53 Å². The van der Waals surface area contributed by atoms with Crippen molar-refractivity contribution in [3.05, 3.63) is 36.0 Å². The van der Waals surface area contributed by atoms with Gasteiger partial charge < -0.3 is 9.30 Å². The van der Waals surface area contributed by atoms with Gasteiger partial charge in [0.1, 0.15) is 6.61 Å². The second-order valence-electron chi connectivity index (χ2n) is 3.84. The SMILES string of the molecule is Cn1cc(C(=O)COCCCl)c2ccccc21. The summed E-state index contributed by atoms with van der Waals surface area (Å²) in [5.74, 6) is 0.398. The Morgan fingerprint density at radius 2 is 2.18 bits per heavy atom. The molecule has 17 heavy (non-hydrogen) atoms. The predicted molar refractivity (Wildman–Crippen MR) is 68.8 cm³/mol. The summed E-state index contributed by atoms with van der Waals surface area (Å²) < 4.78 is 7.11. The van der Waals surface area contributed by atoms with Gasteiger partial charge in [-0.2, -0.15) is 0 Å². The number of alkyl halides is 1. The molecule has 0 saturated carbocycles. The van der Waals surface area contributed by atoms with Gasteiger partial charge in [0.2, 0.25) is 0 Å². The first-order valence-corrected chi connectivity index (χ1v) is 5.98. The third kappa shape index (κ3) is 2.51. The molecule has 2 aromatic rings. The van der Waals surface area contributed by atoms with Gasteiger partial charge in [0, 0.05) is 35.6 Å². The van der Waals surface area contributed by atoms with Gasteiger partial charge in [-0.05, 0) is 6.07 Å². The van der Waals surface area contributed by atoms with Gasteiger partial charge in [-0.15, -0.1) is 11.6 Å². The van der Waals surface area contributed by atoms with Crippen LogP contribution in [0.4, 0.5) is 0 Å². The Labute approximate surface area is 105 Å². The van der Waals surface area contributed by atoms with Crippen LogP contribution in [0.25, 0.3) is 10.9 Å². The Hall–Kier alpha value is -1.32. The minimum Gasteiger partial charge on any atom is -0.372 e. The number of halogens is 1. The quantitative estimate of drug-likeness (QED) is 0.465. The number of ketones is 1. The summed E-state index contributed by atoms with van der Waals surface area (Å²) >= 11 is 5.49. The van der Waals surface area contributed by atoms with Crippen molar-refractivity contribution in [1.29, 1.82) is 0 Å². The van der Waals surface area contributed by atoms with E-state index in [1.54, 1.807) is 0 Å². The molecule has 1 heterocycles. The lowest BCUT2D eigenvalue weighted by molar-refractivity contribution is 0.0788. The van der Waals surface area contributed by atoms with Crippen LogP contribution in [0.2, 0.25) is 0 Å². The van der Waals surface area contributed by atoms with Gasteiger partial charge >= 0.3 is 0 Å². The van der Waals surface area contributed by atoms with Crippen LogP contribution in [-0.2, 0) is 11.8 Å². The lowest BCUT2D eigenvalue weighted by atomic mass is 10.1. The molecule has 1 aromatic carbocycles. The molecule has 0 spiro atoms. The number of carbonyl (C=O) groups excluding carboxylic acids is 1. The number of rotatable bonds is 5. The van der Waals surface area contributed by atoms with Gasteiger partial charge in [-0.3, -0.25) is 4.79 Å². The standard InChI is InChI=1S/C13H14ClNO2/c1-15-8-11(13(16)9-17-7-6-14)10-4-2-3-5-12(10)15/h2-5,8H,6-7,9H2,1H3. The summed E-state index contributed by atoms with van der Waals surface area (Å²) in [4.78, 5) is 12.0. The maximum atomic E-state index is 12.0. The molecule has 0 amide bonds. The number of hydrogen-bond acceptors (Lipinski definition) is 2. The van der Waals surface area contributed by atoms with Crippen molar-refractivity contribution in [3.8, 4) is 0 Å². The summed E-state index contributed by atoms with van der Waals surface area (Å²) in [6.07, 6.45) is 1.84. The van der Waals surface area contributed by atoms with Gasteiger partial charge in [0.15, 0.2) is 5.78 Å². The molecule has 0 unspecified atom stereocenters. The van der Waals surface area contributed by atoms with Crippen molar-refractivity contribution in [2.24, 2.45) is 7.05 Å². The minimum absolute atomic E-state index is 0.00748. The Morgan fingerprint density at radius 3 is 2.94 bits per heavy atom. The monoisotopic (exact) mass is 251 g/mol. The highest BCUT2D eigenvalue weighted by atomic mass is 35.5. The molecule has 0 aliphatic carbocycles. The average Bonchev–Trinajstić information content (AvgIpc) is 2.68. The lowest BCUT2D eigenvalue weighted by Crippen LogP contribution is -2.10. The number of ether oxygens (including phenoxy) is 1. The van der Waals surface area contributed by atoms with Crippen LogP contribution < -0.4 is 0 Å². The first kappa shape index (κ1) is 12.1. The Kier molecular flexibility index (Phi) is 3.82. The fraction of sp³-hybridized carbons (Fsp3) is 0.308. The summed E-state index contributed by atoms with van der Waals surface area (Å²) in [5.41, 5.74) is 1.76. The summed E-state index contributed by atoms with van der Waals surface area (Å²) in [6.45, 7) is 0.485. The van der Waals surface area contributed by atoms with Crippen LogP contribution >= 0.6 is 11.6 Å². The molecule has 90 valence electrons. The van der Waals surface area contributed by atoms with E-state index in [1.807, 2.05) is 42.1 Å². The second kappa shape index (κ2) is 5.34. The van der Waals surface area contributed by atoms with Gasteiger partial charge in [0.05, 0.1) is 6.61 Å². The number of hydrogen-bond donors (Lipinski definition) is 0. The summed E-state index contributed by atoms with van der Waals surface area (Å²) in [6, 6.07) is 7.83. The topological polar surface area (TPSA) is 31.2 Å². The summed E-state index contributed by atoms with van der Waals surface area (Å²) in [5, 5.41) is 0.967. The molecule has 4 heteroatoms. The molecular formula is C13H14ClNO2. The number of para-hydroxylation sites is 1. The number of benzene rings is 1. The van der Waals surface area contributed by atoms with Crippen molar-refractivity contribution in [2.45, 2.75) is 0 Å². The molecule has 0 aliphatic heterocycles. The molecule has 0 saturated heterocycles. The lowest BCUT2D eigenvalue weighted by Gasteiger charge is -2.00. The van der Waals surface area contributed by atoms with Crippen LogP contribution in [0, 0.1) is 0 Å². The maximum Gasteiger partial charge on any atom is 0.190 e. The van der Waals surface area contributed by atoms with E-state index in [4.69, 9.17) is 16.3 Å². The van der Waals surface area contributed by atoms with Crippen molar-refractivity contribution in [1.82, 2.24) is 4.57 Å². The molecular weight excluding hydrogens is 238 g/mol. The Bertz CT molecular complexity index is 533. The Morgan fingerprint density at radius 1 is 1.41 bits per heavy atom. The number of carbonyl (C=O) groups is 1. The van der Waals surface area contributed by atoms with E-state index >= 15 is 0 Å². The minimum atomic E-state index is -0.00748. The Balaban J connectivity index is 2.26. The smallest absolute Gasteiger partial charge is 0.190 e. The summed E-state index contributed by atoms with van der Waals surface area (Å²) in [7, 11) is 1.93. The first-order chi connectivity index (χ1) is 8.24. The van der Waals surface area contributed by atoms with Gasteiger partial charge in [0.25, 0.3) is 0 Å². The van der Waals surface area contributed by atoms with E-state index in [9.17, 15) is 4.79 Å².